The second kappa shape index (κ2) is 5.17. The molecule has 0 aromatic heterocycles. The van der Waals surface area contributed by atoms with Crippen LogP contribution in [0.4, 0.5) is 0 Å². The van der Waals surface area contributed by atoms with E-state index in [-0.39, 0.29) is 6.04 Å². The maximum absolute atomic E-state index is 11.6. The fraction of sp³-hybridized carbons (Fsp3) is 0.929. The van der Waals surface area contributed by atoms with E-state index in [1.165, 1.54) is 6.42 Å². The molecule has 0 radical (unpaired) electrons. The highest BCUT2D eigenvalue weighted by Gasteiger charge is 2.47. The van der Waals surface area contributed by atoms with Crippen LogP contribution >= 0.6 is 0 Å². The Balaban J connectivity index is 2.01. The van der Waals surface area contributed by atoms with E-state index in [2.05, 4.69) is 17.1 Å². The SMILES string of the molecule is CC1CCN(C2CCC(NC(C)C)(C(=O)O)C2)C1. The van der Waals surface area contributed by atoms with Crippen molar-refractivity contribution in [1.29, 1.82) is 0 Å². The molecule has 0 aromatic carbocycles. The van der Waals surface area contributed by atoms with Gasteiger partial charge in [0.2, 0.25) is 0 Å². The number of likely N-dealkylation sites (tertiary alicyclic amines) is 1. The summed E-state index contributed by atoms with van der Waals surface area (Å²) < 4.78 is 0. The summed E-state index contributed by atoms with van der Waals surface area (Å²) in [5.74, 6) is 0.0915. The molecule has 4 heteroatoms. The second-order valence-electron chi connectivity index (χ2n) is 6.47. The van der Waals surface area contributed by atoms with Crippen molar-refractivity contribution in [3.05, 3.63) is 0 Å². The van der Waals surface area contributed by atoms with Gasteiger partial charge in [0.1, 0.15) is 5.54 Å². The van der Waals surface area contributed by atoms with Crippen LogP contribution in [0, 0.1) is 5.92 Å². The smallest absolute Gasteiger partial charge is 0.323 e. The Labute approximate surface area is 110 Å². The van der Waals surface area contributed by atoms with Crippen molar-refractivity contribution in [2.24, 2.45) is 5.92 Å². The predicted octanol–water partition coefficient (Wildman–Crippen LogP) is 1.70. The van der Waals surface area contributed by atoms with Gasteiger partial charge in [-0.2, -0.15) is 0 Å². The van der Waals surface area contributed by atoms with Crippen molar-refractivity contribution in [3.8, 4) is 0 Å². The standard InChI is InChI=1S/C14H26N2O2/c1-10(2)15-14(13(17)18)6-4-12(8-14)16-7-5-11(3)9-16/h10-12,15H,4-9H2,1-3H3,(H,17,18). The first kappa shape index (κ1) is 13.8. The zero-order valence-corrected chi connectivity index (χ0v) is 11.8. The molecular formula is C14H26N2O2. The highest BCUT2D eigenvalue weighted by molar-refractivity contribution is 5.79. The number of hydrogen-bond donors (Lipinski definition) is 2. The zero-order chi connectivity index (χ0) is 13.3. The van der Waals surface area contributed by atoms with E-state index in [0.29, 0.717) is 6.04 Å². The first-order chi connectivity index (χ1) is 8.43. The molecule has 0 aromatic rings. The van der Waals surface area contributed by atoms with Crippen LogP contribution < -0.4 is 5.32 Å². The van der Waals surface area contributed by atoms with Crippen molar-refractivity contribution in [3.63, 3.8) is 0 Å². The number of aliphatic carboxylic acids is 1. The Morgan fingerprint density at radius 3 is 2.67 bits per heavy atom. The molecule has 1 aliphatic heterocycles. The molecule has 0 amide bonds. The molecule has 1 saturated heterocycles. The van der Waals surface area contributed by atoms with E-state index < -0.39 is 11.5 Å². The number of nitrogens with zero attached hydrogens (tertiary/aromatic N) is 1. The van der Waals surface area contributed by atoms with Crippen LogP contribution in [0.3, 0.4) is 0 Å². The van der Waals surface area contributed by atoms with Crippen LogP contribution in [0.5, 0.6) is 0 Å². The van der Waals surface area contributed by atoms with Gasteiger partial charge in [-0.05, 0) is 52.0 Å². The number of carbonyl (C=O) groups is 1. The van der Waals surface area contributed by atoms with Crippen molar-refractivity contribution >= 4 is 5.97 Å². The minimum absolute atomic E-state index is 0.220. The van der Waals surface area contributed by atoms with Gasteiger partial charge in [0.05, 0.1) is 0 Å². The van der Waals surface area contributed by atoms with Gasteiger partial charge in [-0.3, -0.25) is 10.1 Å². The van der Waals surface area contributed by atoms with Crippen molar-refractivity contribution in [2.45, 2.75) is 64.1 Å². The van der Waals surface area contributed by atoms with Gasteiger partial charge in [0, 0.05) is 18.6 Å². The summed E-state index contributed by atoms with van der Waals surface area (Å²) in [5, 5.41) is 12.8. The Bertz CT molecular complexity index is 319. The average molecular weight is 254 g/mol. The number of carboxylic acid groups (broad SMARTS) is 1. The van der Waals surface area contributed by atoms with E-state index in [0.717, 1.165) is 38.3 Å². The highest BCUT2D eigenvalue weighted by atomic mass is 16.4. The summed E-state index contributed by atoms with van der Waals surface area (Å²) in [6.07, 6.45) is 3.79. The van der Waals surface area contributed by atoms with Gasteiger partial charge in [0.15, 0.2) is 0 Å². The third kappa shape index (κ3) is 2.69. The molecule has 3 unspecified atom stereocenters. The number of hydrogen-bond acceptors (Lipinski definition) is 3. The summed E-state index contributed by atoms with van der Waals surface area (Å²) >= 11 is 0. The molecule has 2 aliphatic rings. The summed E-state index contributed by atoms with van der Waals surface area (Å²) in [5.41, 5.74) is -0.690. The van der Waals surface area contributed by atoms with E-state index in [1.54, 1.807) is 0 Å². The van der Waals surface area contributed by atoms with Crippen LogP contribution in [-0.4, -0.2) is 46.7 Å². The first-order valence-electron chi connectivity index (χ1n) is 7.18. The summed E-state index contributed by atoms with van der Waals surface area (Å²) in [4.78, 5) is 14.1. The molecule has 1 saturated carbocycles. The van der Waals surface area contributed by atoms with Crippen LogP contribution in [0.15, 0.2) is 0 Å². The number of nitrogens with one attached hydrogen (secondary N) is 1. The van der Waals surface area contributed by atoms with Crippen molar-refractivity contribution < 1.29 is 9.90 Å². The van der Waals surface area contributed by atoms with Gasteiger partial charge in [0.25, 0.3) is 0 Å². The predicted molar refractivity (Wildman–Crippen MR) is 71.6 cm³/mol. The molecule has 1 aliphatic carbocycles. The summed E-state index contributed by atoms with van der Waals surface area (Å²) in [6.45, 7) is 8.61. The topological polar surface area (TPSA) is 52.6 Å². The quantitative estimate of drug-likeness (QED) is 0.802. The van der Waals surface area contributed by atoms with Gasteiger partial charge in [-0.1, -0.05) is 6.92 Å². The lowest BCUT2D eigenvalue weighted by Crippen LogP contribution is -2.53. The third-order valence-corrected chi connectivity index (χ3v) is 4.43. The summed E-state index contributed by atoms with van der Waals surface area (Å²) in [6, 6.07) is 0.676. The van der Waals surface area contributed by atoms with Gasteiger partial charge in [-0.25, -0.2) is 0 Å². The van der Waals surface area contributed by atoms with E-state index >= 15 is 0 Å². The molecule has 2 fully saturated rings. The molecule has 18 heavy (non-hydrogen) atoms. The van der Waals surface area contributed by atoms with Gasteiger partial charge >= 0.3 is 5.97 Å². The van der Waals surface area contributed by atoms with Gasteiger partial charge < -0.3 is 10.0 Å². The largest absolute Gasteiger partial charge is 0.480 e. The van der Waals surface area contributed by atoms with Crippen LogP contribution in [-0.2, 0) is 4.79 Å². The molecule has 3 atom stereocenters. The first-order valence-corrected chi connectivity index (χ1v) is 7.18. The molecule has 2 rings (SSSR count). The Morgan fingerprint density at radius 2 is 2.17 bits per heavy atom. The van der Waals surface area contributed by atoms with Crippen LogP contribution in [0.25, 0.3) is 0 Å². The molecular weight excluding hydrogens is 228 g/mol. The number of rotatable bonds is 4. The van der Waals surface area contributed by atoms with Crippen molar-refractivity contribution in [2.75, 3.05) is 13.1 Å². The zero-order valence-electron chi connectivity index (χ0n) is 11.8. The van der Waals surface area contributed by atoms with Gasteiger partial charge in [-0.15, -0.1) is 0 Å². The third-order valence-electron chi connectivity index (χ3n) is 4.43. The Hall–Kier alpha value is -0.610. The van der Waals surface area contributed by atoms with E-state index in [9.17, 15) is 9.90 Å². The number of carboxylic acids is 1. The molecule has 0 spiro atoms. The fourth-order valence-corrected chi connectivity index (χ4v) is 3.57. The molecule has 4 nitrogen and oxygen atoms in total. The second-order valence-corrected chi connectivity index (χ2v) is 6.47. The lowest BCUT2D eigenvalue weighted by molar-refractivity contribution is -0.145. The molecule has 0 bridgehead atoms. The average Bonchev–Trinajstić information content (AvgIpc) is 2.84. The highest BCUT2D eigenvalue weighted by Crippen LogP contribution is 2.36. The Morgan fingerprint density at radius 1 is 1.44 bits per heavy atom. The van der Waals surface area contributed by atoms with Crippen molar-refractivity contribution in [1.82, 2.24) is 10.2 Å². The molecule has 2 N–H and O–H groups in total. The Kier molecular flexibility index (Phi) is 3.97. The normalized spacial score (nSPS) is 37.6. The molecule has 1 heterocycles. The minimum Gasteiger partial charge on any atom is -0.480 e. The van der Waals surface area contributed by atoms with E-state index in [4.69, 9.17) is 0 Å². The maximum atomic E-state index is 11.6. The lowest BCUT2D eigenvalue weighted by atomic mass is 9.96. The van der Waals surface area contributed by atoms with E-state index in [1.807, 2.05) is 13.8 Å². The fourth-order valence-electron chi connectivity index (χ4n) is 3.57. The van der Waals surface area contributed by atoms with Crippen LogP contribution in [0.1, 0.15) is 46.5 Å². The maximum Gasteiger partial charge on any atom is 0.323 e. The van der Waals surface area contributed by atoms with Crippen LogP contribution in [0.2, 0.25) is 0 Å². The lowest BCUT2D eigenvalue weighted by Gasteiger charge is -2.30. The minimum atomic E-state index is -0.690. The summed E-state index contributed by atoms with van der Waals surface area (Å²) in [7, 11) is 0. The molecule has 104 valence electrons. The monoisotopic (exact) mass is 254 g/mol.